The van der Waals surface area contributed by atoms with Gasteiger partial charge in [0, 0.05) is 12.1 Å². The first-order chi connectivity index (χ1) is 14.5. The number of hydrogen-bond donors (Lipinski definition) is 1. The summed E-state index contributed by atoms with van der Waals surface area (Å²) in [6, 6.07) is 10.6. The first kappa shape index (κ1) is 21.8. The monoisotopic (exact) mass is 415 g/mol. The minimum Gasteiger partial charge on any atom is -0.494 e. The quantitative estimate of drug-likeness (QED) is 0.668. The SMILES string of the molecule is CCOc1ccccc1C(c1cc(OC)c(OC)c(OC)c1)N1CCCC1C(=O)O. The number of rotatable bonds is 9. The van der Waals surface area contributed by atoms with E-state index in [0.717, 1.165) is 23.3 Å². The molecular weight excluding hydrogens is 386 g/mol. The molecule has 0 spiro atoms. The van der Waals surface area contributed by atoms with Gasteiger partial charge in [-0.1, -0.05) is 18.2 Å². The van der Waals surface area contributed by atoms with Gasteiger partial charge in [0.1, 0.15) is 11.8 Å². The van der Waals surface area contributed by atoms with E-state index in [4.69, 9.17) is 18.9 Å². The standard InChI is InChI=1S/C23H29NO6/c1-5-30-18-11-7-6-9-16(18)21(24-12-8-10-17(24)23(25)26)15-13-19(27-2)22(29-4)20(14-15)28-3/h6-7,9,11,13-14,17,21H,5,8,10,12H2,1-4H3,(H,25,26). The number of carbonyl (C=O) groups is 1. The van der Waals surface area contributed by atoms with E-state index >= 15 is 0 Å². The summed E-state index contributed by atoms with van der Waals surface area (Å²) in [6.07, 6.45) is 1.42. The van der Waals surface area contributed by atoms with Gasteiger partial charge in [-0.25, -0.2) is 0 Å². The van der Waals surface area contributed by atoms with Crippen molar-refractivity contribution in [3.63, 3.8) is 0 Å². The van der Waals surface area contributed by atoms with E-state index < -0.39 is 12.0 Å². The molecule has 0 radical (unpaired) electrons. The normalized spacial score (nSPS) is 17.4. The zero-order chi connectivity index (χ0) is 21.7. The van der Waals surface area contributed by atoms with Gasteiger partial charge in [0.25, 0.3) is 0 Å². The lowest BCUT2D eigenvalue weighted by atomic mass is 9.94. The lowest BCUT2D eigenvalue weighted by Crippen LogP contribution is -2.39. The fraction of sp³-hybridized carbons (Fsp3) is 0.435. The second-order valence-corrected chi connectivity index (χ2v) is 7.07. The molecule has 1 heterocycles. The van der Waals surface area contributed by atoms with E-state index in [1.165, 1.54) is 0 Å². The highest BCUT2D eigenvalue weighted by molar-refractivity contribution is 5.74. The van der Waals surface area contributed by atoms with Gasteiger partial charge < -0.3 is 24.1 Å². The molecule has 1 fully saturated rings. The van der Waals surface area contributed by atoms with Crippen LogP contribution in [0.2, 0.25) is 0 Å². The number of benzene rings is 2. The van der Waals surface area contributed by atoms with Crippen LogP contribution < -0.4 is 18.9 Å². The maximum Gasteiger partial charge on any atom is 0.320 e. The fourth-order valence-electron chi connectivity index (χ4n) is 4.17. The maximum atomic E-state index is 12.0. The number of nitrogens with zero attached hydrogens (tertiary/aromatic N) is 1. The minimum absolute atomic E-state index is 0.343. The summed E-state index contributed by atoms with van der Waals surface area (Å²) in [5.41, 5.74) is 1.76. The molecule has 7 nitrogen and oxygen atoms in total. The van der Waals surface area contributed by atoms with Crippen molar-refractivity contribution in [3.05, 3.63) is 47.5 Å². The van der Waals surface area contributed by atoms with Crippen LogP contribution in [-0.2, 0) is 4.79 Å². The van der Waals surface area contributed by atoms with Crippen molar-refractivity contribution in [2.75, 3.05) is 34.5 Å². The predicted molar refractivity (Wildman–Crippen MR) is 113 cm³/mol. The van der Waals surface area contributed by atoms with Gasteiger partial charge >= 0.3 is 5.97 Å². The molecule has 3 rings (SSSR count). The highest BCUT2D eigenvalue weighted by Crippen LogP contribution is 2.45. The van der Waals surface area contributed by atoms with Gasteiger partial charge in [-0.05, 0) is 43.5 Å². The van der Waals surface area contributed by atoms with E-state index in [2.05, 4.69) is 0 Å². The van der Waals surface area contributed by atoms with Crippen molar-refractivity contribution in [3.8, 4) is 23.0 Å². The summed E-state index contributed by atoms with van der Waals surface area (Å²) in [7, 11) is 4.70. The zero-order valence-electron chi connectivity index (χ0n) is 17.9. The van der Waals surface area contributed by atoms with Gasteiger partial charge in [-0.2, -0.15) is 0 Å². The molecule has 1 saturated heterocycles. The van der Waals surface area contributed by atoms with Crippen molar-refractivity contribution in [1.29, 1.82) is 0 Å². The van der Waals surface area contributed by atoms with Gasteiger partial charge in [-0.15, -0.1) is 0 Å². The number of methoxy groups -OCH3 is 3. The molecule has 30 heavy (non-hydrogen) atoms. The summed E-state index contributed by atoms with van der Waals surface area (Å²) in [4.78, 5) is 14.0. The van der Waals surface area contributed by atoms with E-state index in [-0.39, 0.29) is 6.04 Å². The van der Waals surface area contributed by atoms with E-state index in [1.54, 1.807) is 21.3 Å². The topological polar surface area (TPSA) is 77.5 Å². The Kier molecular flexibility index (Phi) is 7.05. The molecule has 0 bridgehead atoms. The molecule has 1 aliphatic rings. The van der Waals surface area contributed by atoms with Crippen LogP contribution in [0, 0.1) is 0 Å². The molecule has 2 aromatic carbocycles. The van der Waals surface area contributed by atoms with Crippen molar-refractivity contribution >= 4 is 5.97 Å². The summed E-state index contributed by atoms with van der Waals surface area (Å²) in [5, 5.41) is 9.84. The fourth-order valence-corrected chi connectivity index (χ4v) is 4.17. The Labute approximate surface area is 177 Å². The summed E-state index contributed by atoms with van der Waals surface area (Å²) in [6.45, 7) is 3.11. The Morgan fingerprint density at radius 3 is 2.33 bits per heavy atom. The molecule has 0 saturated carbocycles. The Morgan fingerprint density at radius 2 is 1.77 bits per heavy atom. The largest absolute Gasteiger partial charge is 0.494 e. The second kappa shape index (κ2) is 9.71. The number of aliphatic carboxylic acids is 1. The smallest absolute Gasteiger partial charge is 0.320 e. The van der Waals surface area contributed by atoms with Gasteiger partial charge in [-0.3, -0.25) is 9.69 Å². The zero-order valence-corrected chi connectivity index (χ0v) is 17.9. The molecule has 1 aliphatic heterocycles. The van der Waals surface area contributed by atoms with Crippen molar-refractivity contribution in [2.45, 2.75) is 31.8 Å². The third-order valence-electron chi connectivity index (χ3n) is 5.43. The molecule has 1 N–H and O–H groups in total. The van der Waals surface area contributed by atoms with Gasteiger partial charge in [0.2, 0.25) is 5.75 Å². The highest BCUT2D eigenvalue weighted by atomic mass is 16.5. The summed E-state index contributed by atoms with van der Waals surface area (Å²) in [5.74, 6) is 1.46. The van der Waals surface area contributed by atoms with Crippen molar-refractivity contribution in [1.82, 2.24) is 4.90 Å². The maximum absolute atomic E-state index is 12.0. The van der Waals surface area contributed by atoms with Crippen LogP contribution in [0.25, 0.3) is 0 Å². The van der Waals surface area contributed by atoms with Gasteiger partial charge in [0.05, 0.1) is 34.0 Å². The highest BCUT2D eigenvalue weighted by Gasteiger charge is 2.38. The van der Waals surface area contributed by atoms with Crippen LogP contribution in [0.5, 0.6) is 23.0 Å². The van der Waals surface area contributed by atoms with Crippen molar-refractivity contribution in [2.24, 2.45) is 0 Å². The Hall–Kier alpha value is -2.93. The van der Waals surface area contributed by atoms with E-state index in [1.807, 2.05) is 48.2 Å². The molecule has 162 valence electrons. The number of para-hydroxylation sites is 1. The second-order valence-electron chi connectivity index (χ2n) is 7.07. The summed E-state index contributed by atoms with van der Waals surface area (Å²) >= 11 is 0. The van der Waals surface area contributed by atoms with Crippen LogP contribution >= 0.6 is 0 Å². The molecule has 7 heteroatoms. The van der Waals surface area contributed by atoms with Crippen LogP contribution in [0.15, 0.2) is 36.4 Å². The predicted octanol–water partition coefficient (Wildman–Crippen LogP) is 3.75. The van der Waals surface area contributed by atoms with Crippen molar-refractivity contribution < 1.29 is 28.8 Å². The lowest BCUT2D eigenvalue weighted by molar-refractivity contribution is -0.142. The third-order valence-corrected chi connectivity index (χ3v) is 5.43. The van der Waals surface area contributed by atoms with Crippen LogP contribution in [0.3, 0.4) is 0 Å². The molecule has 0 aromatic heterocycles. The number of likely N-dealkylation sites (tertiary alicyclic amines) is 1. The molecule has 0 aliphatic carbocycles. The number of hydrogen-bond acceptors (Lipinski definition) is 6. The molecule has 2 aromatic rings. The van der Waals surface area contributed by atoms with Crippen LogP contribution in [0.1, 0.15) is 36.9 Å². The van der Waals surface area contributed by atoms with Gasteiger partial charge in [0.15, 0.2) is 11.5 Å². The minimum atomic E-state index is -0.821. The Morgan fingerprint density at radius 1 is 1.10 bits per heavy atom. The van der Waals surface area contributed by atoms with Crippen LogP contribution in [-0.4, -0.2) is 56.5 Å². The molecule has 2 unspecified atom stereocenters. The molecule has 0 amide bonds. The first-order valence-corrected chi connectivity index (χ1v) is 10.1. The molecule has 2 atom stereocenters. The third kappa shape index (κ3) is 4.16. The van der Waals surface area contributed by atoms with E-state index in [0.29, 0.717) is 36.8 Å². The van der Waals surface area contributed by atoms with E-state index in [9.17, 15) is 9.90 Å². The number of carboxylic acids is 1. The lowest BCUT2D eigenvalue weighted by Gasteiger charge is -2.33. The average Bonchev–Trinajstić information content (AvgIpc) is 3.24. The Balaban J connectivity index is 2.22. The number of ether oxygens (including phenoxy) is 4. The Bertz CT molecular complexity index is 859. The summed E-state index contributed by atoms with van der Waals surface area (Å²) < 4.78 is 22.5. The number of carboxylic acid groups (broad SMARTS) is 1. The molecular formula is C23H29NO6. The first-order valence-electron chi connectivity index (χ1n) is 10.1. The average molecular weight is 415 g/mol. The van der Waals surface area contributed by atoms with Crippen LogP contribution in [0.4, 0.5) is 0 Å².